The molecule has 0 aliphatic heterocycles. The molecule has 0 unspecified atom stereocenters. The van der Waals surface area contributed by atoms with Crippen LogP contribution < -0.4 is 5.73 Å². The Morgan fingerprint density at radius 3 is 2.89 bits per heavy atom. The molecule has 2 N–H and O–H groups in total. The first-order chi connectivity index (χ1) is 9.15. The predicted molar refractivity (Wildman–Crippen MR) is 81.3 cm³/mol. The first kappa shape index (κ1) is 12.7. The fourth-order valence-corrected chi connectivity index (χ4v) is 3.33. The van der Waals surface area contributed by atoms with Gasteiger partial charge in [0.15, 0.2) is 0 Å². The van der Waals surface area contributed by atoms with Crippen molar-refractivity contribution in [3.05, 3.63) is 45.4 Å². The molecular weight excluding hydrogens is 302 g/mol. The molecule has 0 bridgehead atoms. The Kier molecular flexibility index (Phi) is 3.35. The fraction of sp³-hybridized carbons (Fsp3) is 0.400. The van der Waals surface area contributed by atoms with Gasteiger partial charge in [0.1, 0.15) is 5.82 Å². The Bertz CT molecular complexity index is 616. The van der Waals surface area contributed by atoms with Crippen LogP contribution >= 0.6 is 15.9 Å². The number of nitrogens with zero attached hydrogens (tertiary/aromatic N) is 2. The van der Waals surface area contributed by atoms with Crippen LogP contribution in [0.3, 0.4) is 0 Å². The summed E-state index contributed by atoms with van der Waals surface area (Å²) in [5, 5.41) is 0. The van der Waals surface area contributed by atoms with E-state index < -0.39 is 0 Å². The van der Waals surface area contributed by atoms with Gasteiger partial charge >= 0.3 is 0 Å². The highest BCUT2D eigenvalue weighted by Gasteiger charge is 2.18. The minimum atomic E-state index is 0.792. The molecule has 4 heteroatoms. The summed E-state index contributed by atoms with van der Waals surface area (Å²) >= 11 is 3.60. The summed E-state index contributed by atoms with van der Waals surface area (Å²) < 4.78 is 3.43. The van der Waals surface area contributed by atoms with Gasteiger partial charge in [-0.05, 0) is 50.3 Å². The van der Waals surface area contributed by atoms with Crippen LogP contribution in [0.4, 0.5) is 5.69 Å². The lowest BCUT2D eigenvalue weighted by atomic mass is 10.0. The molecule has 100 valence electrons. The van der Waals surface area contributed by atoms with Crippen LogP contribution in [-0.2, 0) is 19.4 Å². The van der Waals surface area contributed by atoms with Crippen molar-refractivity contribution in [1.82, 2.24) is 9.55 Å². The molecule has 1 aromatic heterocycles. The summed E-state index contributed by atoms with van der Waals surface area (Å²) in [5.41, 5.74) is 10.6. The average Bonchev–Trinajstić information content (AvgIpc) is 2.69. The number of rotatable bonds is 2. The van der Waals surface area contributed by atoms with Crippen LogP contribution in [0.1, 0.15) is 35.6 Å². The molecule has 0 atom stereocenters. The number of nitrogen functional groups attached to an aromatic ring is 1. The van der Waals surface area contributed by atoms with E-state index in [1.54, 1.807) is 0 Å². The molecule has 0 saturated heterocycles. The van der Waals surface area contributed by atoms with Crippen molar-refractivity contribution in [1.29, 1.82) is 0 Å². The average molecular weight is 320 g/mol. The van der Waals surface area contributed by atoms with Crippen LogP contribution in [0.2, 0.25) is 0 Å². The number of imidazole rings is 1. The highest BCUT2D eigenvalue weighted by molar-refractivity contribution is 9.10. The maximum absolute atomic E-state index is 5.79. The predicted octanol–water partition coefficient (Wildman–Crippen LogP) is 3.46. The van der Waals surface area contributed by atoms with E-state index in [2.05, 4.69) is 33.5 Å². The molecule has 2 aromatic rings. The van der Waals surface area contributed by atoms with Gasteiger partial charge in [-0.15, -0.1) is 0 Å². The van der Waals surface area contributed by atoms with Crippen LogP contribution in [0.15, 0.2) is 22.7 Å². The molecule has 0 spiro atoms. The monoisotopic (exact) mass is 319 g/mol. The molecule has 0 amide bonds. The Morgan fingerprint density at radius 2 is 2.11 bits per heavy atom. The van der Waals surface area contributed by atoms with E-state index in [-0.39, 0.29) is 0 Å². The maximum atomic E-state index is 5.79. The summed E-state index contributed by atoms with van der Waals surface area (Å²) in [7, 11) is 0. The minimum absolute atomic E-state index is 0.792. The van der Waals surface area contributed by atoms with E-state index in [0.717, 1.165) is 35.4 Å². The van der Waals surface area contributed by atoms with Crippen molar-refractivity contribution in [2.24, 2.45) is 0 Å². The van der Waals surface area contributed by atoms with Crippen molar-refractivity contribution in [3.63, 3.8) is 0 Å². The lowest BCUT2D eigenvalue weighted by Gasteiger charge is -2.15. The first-order valence-electron chi connectivity index (χ1n) is 6.74. The standard InChI is InChI=1S/C15H18BrN3/c1-10-18-14-4-2-3-5-15(14)19(10)9-11-6-7-12(17)8-13(11)16/h6-8H,2-5,9,17H2,1H3. The van der Waals surface area contributed by atoms with E-state index in [1.165, 1.54) is 29.8 Å². The third-order valence-electron chi connectivity index (χ3n) is 3.83. The SMILES string of the molecule is Cc1nc2c(n1Cc1ccc(N)cc1Br)CCCC2. The van der Waals surface area contributed by atoms with Crippen LogP contribution in [0.25, 0.3) is 0 Å². The van der Waals surface area contributed by atoms with Gasteiger partial charge in [-0.1, -0.05) is 22.0 Å². The zero-order valence-corrected chi connectivity index (χ0v) is 12.7. The van der Waals surface area contributed by atoms with Gasteiger partial charge in [-0.25, -0.2) is 4.98 Å². The van der Waals surface area contributed by atoms with Gasteiger partial charge in [0, 0.05) is 15.9 Å². The molecule has 1 heterocycles. The van der Waals surface area contributed by atoms with Gasteiger partial charge in [-0.3, -0.25) is 0 Å². The highest BCUT2D eigenvalue weighted by atomic mass is 79.9. The summed E-state index contributed by atoms with van der Waals surface area (Å²) in [5.74, 6) is 1.12. The number of halogens is 1. The Balaban J connectivity index is 1.97. The summed E-state index contributed by atoms with van der Waals surface area (Å²) in [6.07, 6.45) is 4.84. The Labute approximate surface area is 122 Å². The smallest absolute Gasteiger partial charge is 0.106 e. The number of fused-ring (bicyclic) bond motifs is 1. The third kappa shape index (κ3) is 2.41. The van der Waals surface area contributed by atoms with Crippen LogP contribution in [0.5, 0.6) is 0 Å². The molecular formula is C15H18BrN3. The minimum Gasteiger partial charge on any atom is -0.399 e. The fourth-order valence-electron chi connectivity index (χ4n) is 2.81. The van der Waals surface area contributed by atoms with Gasteiger partial charge in [0.25, 0.3) is 0 Å². The van der Waals surface area contributed by atoms with E-state index in [0.29, 0.717) is 0 Å². The number of hydrogen-bond donors (Lipinski definition) is 1. The maximum Gasteiger partial charge on any atom is 0.106 e. The van der Waals surface area contributed by atoms with Crippen molar-refractivity contribution in [2.75, 3.05) is 5.73 Å². The molecule has 1 aliphatic rings. The Hall–Kier alpha value is -1.29. The van der Waals surface area contributed by atoms with E-state index >= 15 is 0 Å². The summed E-state index contributed by atoms with van der Waals surface area (Å²) in [4.78, 5) is 4.72. The van der Waals surface area contributed by atoms with E-state index in [9.17, 15) is 0 Å². The lowest BCUT2D eigenvalue weighted by molar-refractivity contribution is 0.624. The molecule has 3 rings (SSSR count). The molecule has 1 aromatic carbocycles. The first-order valence-corrected chi connectivity index (χ1v) is 7.53. The third-order valence-corrected chi connectivity index (χ3v) is 4.57. The topological polar surface area (TPSA) is 43.8 Å². The largest absolute Gasteiger partial charge is 0.399 e. The molecule has 0 radical (unpaired) electrons. The second kappa shape index (κ2) is 5.00. The van der Waals surface area contributed by atoms with Crippen molar-refractivity contribution >= 4 is 21.6 Å². The van der Waals surface area contributed by atoms with Crippen molar-refractivity contribution in [3.8, 4) is 0 Å². The lowest BCUT2D eigenvalue weighted by Crippen LogP contribution is -2.10. The second-order valence-corrected chi connectivity index (χ2v) is 6.05. The van der Waals surface area contributed by atoms with Gasteiger partial charge < -0.3 is 10.3 Å². The van der Waals surface area contributed by atoms with E-state index in [4.69, 9.17) is 10.7 Å². The zero-order valence-electron chi connectivity index (χ0n) is 11.1. The number of aryl methyl sites for hydroxylation is 2. The van der Waals surface area contributed by atoms with E-state index in [1.807, 2.05) is 12.1 Å². The van der Waals surface area contributed by atoms with Gasteiger partial charge in [0.05, 0.1) is 12.2 Å². The number of nitrogens with two attached hydrogens (primary N) is 1. The van der Waals surface area contributed by atoms with Gasteiger partial charge in [0.2, 0.25) is 0 Å². The number of hydrogen-bond acceptors (Lipinski definition) is 2. The number of anilines is 1. The second-order valence-electron chi connectivity index (χ2n) is 5.20. The Morgan fingerprint density at radius 1 is 1.32 bits per heavy atom. The molecule has 0 saturated carbocycles. The van der Waals surface area contributed by atoms with Gasteiger partial charge in [-0.2, -0.15) is 0 Å². The number of aromatic nitrogens is 2. The molecule has 0 fully saturated rings. The highest BCUT2D eigenvalue weighted by Crippen LogP contribution is 2.26. The quantitative estimate of drug-likeness (QED) is 0.861. The molecule has 1 aliphatic carbocycles. The normalized spacial score (nSPS) is 14.4. The molecule has 3 nitrogen and oxygen atoms in total. The summed E-state index contributed by atoms with van der Waals surface area (Å²) in [6.45, 7) is 2.97. The van der Waals surface area contributed by atoms with Crippen LogP contribution in [-0.4, -0.2) is 9.55 Å². The molecule has 19 heavy (non-hydrogen) atoms. The van der Waals surface area contributed by atoms with Crippen molar-refractivity contribution < 1.29 is 0 Å². The zero-order chi connectivity index (χ0) is 13.4. The number of benzene rings is 1. The summed E-state index contributed by atoms with van der Waals surface area (Å²) in [6, 6.07) is 6.01. The van der Waals surface area contributed by atoms with Crippen LogP contribution in [0, 0.1) is 6.92 Å². The van der Waals surface area contributed by atoms with Crippen molar-refractivity contribution in [2.45, 2.75) is 39.2 Å².